The zero-order chi connectivity index (χ0) is 32.4. The number of nitrogen functional groups attached to an aromatic ring is 1. The van der Waals surface area contributed by atoms with Crippen molar-refractivity contribution in [2.45, 2.75) is 81.6 Å². The smallest absolute Gasteiger partial charge is 0.349 e. The summed E-state index contributed by atoms with van der Waals surface area (Å²) >= 11 is 1.11. The van der Waals surface area contributed by atoms with Gasteiger partial charge in [0.15, 0.2) is 0 Å². The lowest BCUT2D eigenvalue weighted by Gasteiger charge is -2.40. The minimum atomic E-state index is -4.18. The van der Waals surface area contributed by atoms with Crippen molar-refractivity contribution in [3.8, 4) is 11.8 Å². The van der Waals surface area contributed by atoms with Crippen LogP contribution in [0.15, 0.2) is 81.1 Å². The molecule has 1 aliphatic rings. The number of ether oxygens (including phenoxy) is 1. The van der Waals surface area contributed by atoms with Gasteiger partial charge in [-0.1, -0.05) is 58.5 Å². The van der Waals surface area contributed by atoms with Crippen LogP contribution in [0.1, 0.15) is 69.7 Å². The zero-order valence-corrected chi connectivity index (χ0v) is 28.7. The molecular formula is C34H39ClN2O6S2. The van der Waals surface area contributed by atoms with Crippen LogP contribution in [-0.2, 0) is 31.5 Å². The van der Waals surface area contributed by atoms with Crippen molar-refractivity contribution in [3.05, 3.63) is 93.6 Å². The Balaban J connectivity index is 0.00000552. The molecule has 1 atom stereocenters. The molecule has 3 aromatic rings. The zero-order valence-electron chi connectivity index (χ0n) is 26.2. The number of rotatable bonds is 9. The first-order valence-electron chi connectivity index (χ1n) is 14.3. The Bertz CT molecular complexity index is 1740. The monoisotopic (exact) mass is 670 g/mol. The molecule has 1 unspecified atom stereocenters. The molecule has 0 saturated heterocycles. The van der Waals surface area contributed by atoms with Gasteiger partial charge in [-0.25, -0.2) is 4.79 Å². The first-order valence-corrected chi connectivity index (χ1v) is 16.5. The van der Waals surface area contributed by atoms with Crippen LogP contribution >= 0.6 is 24.2 Å². The normalized spacial score (nSPS) is 17.0. The molecule has 1 heterocycles. The van der Waals surface area contributed by atoms with Gasteiger partial charge in [0.1, 0.15) is 26.9 Å². The molecule has 0 fully saturated rings. The number of nitriles is 1. The number of halogens is 1. The summed E-state index contributed by atoms with van der Waals surface area (Å²) in [5, 5.41) is 20.3. The second-order valence-corrected chi connectivity index (χ2v) is 15.0. The lowest BCUT2D eigenvalue weighted by molar-refractivity contribution is -0.164. The Morgan fingerprint density at radius 1 is 1.11 bits per heavy atom. The molecular weight excluding hydrogens is 632 g/mol. The van der Waals surface area contributed by atoms with E-state index in [4.69, 9.17) is 19.9 Å². The molecule has 0 aliphatic carbocycles. The van der Waals surface area contributed by atoms with E-state index in [1.165, 1.54) is 24.3 Å². The molecule has 0 bridgehead atoms. The van der Waals surface area contributed by atoms with E-state index in [1.807, 2.05) is 65.0 Å². The van der Waals surface area contributed by atoms with Crippen LogP contribution in [0.3, 0.4) is 0 Å². The minimum absolute atomic E-state index is 0. The molecule has 11 heteroatoms. The largest absolute Gasteiger partial charge is 0.511 e. The van der Waals surface area contributed by atoms with E-state index >= 15 is 0 Å². The number of hydrogen-bond acceptors (Lipinski definition) is 9. The maximum absolute atomic E-state index is 13.5. The topological polar surface area (TPSA) is 140 Å². The number of thioether (sulfide) groups is 1. The fourth-order valence-corrected chi connectivity index (χ4v) is 7.26. The number of nitrogens with zero attached hydrogens (tertiary/aromatic N) is 1. The molecule has 4 rings (SSSR count). The third-order valence-corrected chi connectivity index (χ3v) is 10.3. The summed E-state index contributed by atoms with van der Waals surface area (Å²) < 4.78 is 37.8. The number of aliphatic hydroxyl groups is 1. The van der Waals surface area contributed by atoms with Gasteiger partial charge >= 0.3 is 16.1 Å². The second kappa shape index (κ2) is 13.8. The van der Waals surface area contributed by atoms with Gasteiger partial charge in [0.2, 0.25) is 0 Å². The van der Waals surface area contributed by atoms with Gasteiger partial charge in [0.25, 0.3) is 0 Å². The molecule has 240 valence electrons. The summed E-state index contributed by atoms with van der Waals surface area (Å²) in [6.07, 6.45) is 1.37. The number of esters is 1. The quantitative estimate of drug-likeness (QED) is 0.133. The Kier molecular flexibility index (Phi) is 11.0. The molecule has 45 heavy (non-hydrogen) atoms. The van der Waals surface area contributed by atoms with E-state index in [1.54, 1.807) is 19.1 Å². The highest BCUT2D eigenvalue weighted by molar-refractivity contribution is 8.04. The molecule has 0 amide bonds. The van der Waals surface area contributed by atoms with Crippen LogP contribution < -0.4 is 9.92 Å². The Morgan fingerprint density at radius 3 is 2.27 bits per heavy atom. The van der Waals surface area contributed by atoms with E-state index in [0.717, 1.165) is 22.9 Å². The van der Waals surface area contributed by atoms with Gasteiger partial charge in [0, 0.05) is 17.0 Å². The van der Waals surface area contributed by atoms with Crippen molar-refractivity contribution >= 4 is 45.9 Å². The summed E-state index contributed by atoms with van der Waals surface area (Å²) in [5.41, 5.74) is 7.81. The summed E-state index contributed by atoms with van der Waals surface area (Å²) in [6, 6.07) is 18.4. The number of carbonyl (C=O) groups is 1. The maximum Gasteiger partial charge on any atom is 0.349 e. The molecule has 3 aromatic carbocycles. The third-order valence-electron chi connectivity index (χ3n) is 7.85. The van der Waals surface area contributed by atoms with E-state index in [-0.39, 0.29) is 46.1 Å². The highest BCUT2D eigenvalue weighted by Crippen LogP contribution is 2.46. The fourth-order valence-electron chi connectivity index (χ4n) is 5.03. The van der Waals surface area contributed by atoms with Gasteiger partial charge in [-0.2, -0.15) is 13.7 Å². The third kappa shape index (κ3) is 8.15. The molecule has 0 aromatic heterocycles. The van der Waals surface area contributed by atoms with Crippen molar-refractivity contribution < 1.29 is 27.2 Å². The number of benzene rings is 3. The van der Waals surface area contributed by atoms with Gasteiger partial charge in [0.05, 0.1) is 11.6 Å². The number of aryl methyl sites for hydroxylation is 2. The van der Waals surface area contributed by atoms with Crippen molar-refractivity contribution in [2.75, 3.05) is 5.73 Å². The SMILES string of the molecule is Cc1cc(SC2=C(O)CC(CCc3ccc(N)cc3)(C(C)C)OC2=O)c(C(C)(C)C)cc1OS(=O)(=O)c1ccc(C#N)cc1.Cl. The molecule has 0 radical (unpaired) electrons. The molecule has 8 nitrogen and oxygen atoms in total. The van der Waals surface area contributed by atoms with E-state index in [0.29, 0.717) is 34.6 Å². The molecule has 0 saturated carbocycles. The Labute approximate surface area is 276 Å². The number of anilines is 1. The molecule has 3 N–H and O–H groups in total. The number of hydrogen-bond donors (Lipinski definition) is 2. The Hall–Kier alpha value is -3.65. The average Bonchev–Trinajstić information content (AvgIpc) is 2.95. The van der Waals surface area contributed by atoms with E-state index < -0.39 is 27.1 Å². The molecule has 1 aliphatic heterocycles. The Morgan fingerprint density at radius 2 is 1.73 bits per heavy atom. The number of cyclic esters (lactones) is 1. The van der Waals surface area contributed by atoms with Crippen molar-refractivity contribution in [2.24, 2.45) is 5.92 Å². The lowest BCUT2D eigenvalue weighted by atomic mass is 9.80. The minimum Gasteiger partial charge on any atom is -0.511 e. The van der Waals surface area contributed by atoms with Crippen molar-refractivity contribution in [3.63, 3.8) is 0 Å². The summed E-state index contributed by atoms with van der Waals surface area (Å²) in [7, 11) is -4.18. The lowest BCUT2D eigenvalue weighted by Crippen LogP contribution is -2.44. The summed E-state index contributed by atoms with van der Waals surface area (Å²) in [6.45, 7) is 11.6. The maximum atomic E-state index is 13.5. The highest BCUT2D eigenvalue weighted by atomic mass is 35.5. The van der Waals surface area contributed by atoms with E-state index in [2.05, 4.69) is 0 Å². The van der Waals surface area contributed by atoms with Gasteiger partial charge in [-0.05, 0) is 96.3 Å². The standard InChI is InChI=1S/C34H38N2O6S2.ClH/c1-21(2)34(16-15-23-7-11-25(36)12-8-23)19-28(37)31(32(38)41-34)43-30-17-22(3)29(18-27(30)33(4,5)6)42-44(39,40)26-13-9-24(20-35)10-14-26;/h7-14,17-18,21,37H,15-16,19,36H2,1-6H3;1H. The fraction of sp³-hybridized carbons (Fsp3) is 0.353. The van der Waals surface area contributed by atoms with Crippen LogP contribution in [0.2, 0.25) is 0 Å². The van der Waals surface area contributed by atoms with Crippen molar-refractivity contribution in [1.29, 1.82) is 5.26 Å². The van der Waals surface area contributed by atoms with Crippen LogP contribution in [0.25, 0.3) is 0 Å². The number of carbonyl (C=O) groups excluding carboxylic acids is 1. The number of nitrogens with two attached hydrogens (primary N) is 1. The van der Waals surface area contributed by atoms with Crippen LogP contribution in [0.5, 0.6) is 5.75 Å². The first kappa shape index (κ1) is 35.8. The number of aliphatic hydroxyl groups excluding tert-OH is 1. The summed E-state index contributed by atoms with van der Waals surface area (Å²) in [5.74, 6) is -0.519. The van der Waals surface area contributed by atoms with Crippen LogP contribution in [0, 0.1) is 24.2 Å². The predicted octanol–water partition coefficient (Wildman–Crippen LogP) is 7.77. The highest BCUT2D eigenvalue weighted by Gasteiger charge is 2.44. The summed E-state index contributed by atoms with van der Waals surface area (Å²) in [4.78, 5) is 14.2. The molecule has 0 spiro atoms. The van der Waals surface area contributed by atoms with Crippen LogP contribution in [0.4, 0.5) is 5.69 Å². The van der Waals surface area contributed by atoms with Crippen LogP contribution in [-0.4, -0.2) is 25.1 Å². The van der Waals surface area contributed by atoms with E-state index in [9.17, 15) is 18.3 Å². The van der Waals surface area contributed by atoms with Crippen molar-refractivity contribution in [1.82, 2.24) is 0 Å². The van der Waals surface area contributed by atoms with Gasteiger partial charge in [-0.3, -0.25) is 0 Å². The second-order valence-electron chi connectivity index (χ2n) is 12.4. The average molecular weight is 671 g/mol. The van der Waals surface area contributed by atoms with Gasteiger partial charge < -0.3 is 19.8 Å². The first-order chi connectivity index (χ1) is 20.5. The predicted molar refractivity (Wildman–Crippen MR) is 179 cm³/mol. The van der Waals surface area contributed by atoms with Gasteiger partial charge in [-0.15, -0.1) is 12.4 Å².